The van der Waals surface area contributed by atoms with Gasteiger partial charge in [-0.1, -0.05) is 18.6 Å². The molecule has 2 unspecified atom stereocenters. The summed E-state index contributed by atoms with van der Waals surface area (Å²) in [5.74, 6) is -0.380. The fourth-order valence-corrected chi connectivity index (χ4v) is 6.96. The molecule has 4 aliphatic rings. The van der Waals surface area contributed by atoms with Crippen LogP contribution in [0.1, 0.15) is 60.0 Å². The lowest BCUT2D eigenvalue weighted by molar-refractivity contribution is -0.139. The number of amides is 4. The molecule has 0 saturated carbocycles. The van der Waals surface area contributed by atoms with Gasteiger partial charge in [0, 0.05) is 56.0 Å². The third kappa shape index (κ3) is 6.69. The summed E-state index contributed by atoms with van der Waals surface area (Å²) in [6.45, 7) is 3.94. The lowest BCUT2D eigenvalue weighted by Gasteiger charge is -2.41. The minimum Gasteiger partial charge on any atom is -0.493 e. The molecule has 10 nitrogen and oxygen atoms in total. The zero-order chi connectivity index (χ0) is 32.4. The molecule has 2 atom stereocenters. The van der Waals surface area contributed by atoms with E-state index in [0.717, 1.165) is 37.4 Å². The molecular weight excluding hydrogens is 603 g/mol. The average molecular weight is 642 g/mol. The van der Waals surface area contributed by atoms with Crippen molar-refractivity contribution in [3.63, 3.8) is 0 Å². The minimum atomic E-state index is -4.40. The number of fused-ring (bicyclic) bond motifs is 1. The Kier molecular flexibility index (Phi) is 9.21. The third-order valence-electron chi connectivity index (χ3n) is 9.42. The van der Waals surface area contributed by atoms with Gasteiger partial charge in [0.15, 0.2) is 0 Å². The van der Waals surface area contributed by atoms with Gasteiger partial charge in [0.1, 0.15) is 11.8 Å². The van der Waals surface area contributed by atoms with Crippen LogP contribution in [0.5, 0.6) is 5.75 Å². The summed E-state index contributed by atoms with van der Waals surface area (Å²) in [5, 5.41) is 2.32. The van der Waals surface area contributed by atoms with Crippen LogP contribution in [0, 0.1) is 0 Å². The standard InChI is InChI=1S/C33H38F3N5O5/c34-33(35,36)22-6-3-7-23(20-22)38-15-17-40(18-16-38)32(45)27-9-1-2-13-39(27)14-5-19-46-28-10-4-8-24-25(28)21-41(31(24)44)26-11-12-29(42)37-30(26)43/h3-4,6-8,10,20,26-27H,1-2,5,9,11-19,21H2,(H,37,42,43). The molecule has 246 valence electrons. The van der Waals surface area contributed by atoms with E-state index in [1.165, 1.54) is 17.0 Å². The van der Waals surface area contributed by atoms with Gasteiger partial charge in [-0.3, -0.25) is 29.4 Å². The first kappa shape index (κ1) is 31.8. The maximum atomic E-state index is 13.6. The quantitative estimate of drug-likeness (QED) is 0.348. The second-order valence-corrected chi connectivity index (χ2v) is 12.3. The van der Waals surface area contributed by atoms with Gasteiger partial charge in [-0.2, -0.15) is 13.2 Å². The van der Waals surface area contributed by atoms with Gasteiger partial charge in [-0.15, -0.1) is 0 Å². The Morgan fingerprint density at radius 3 is 2.50 bits per heavy atom. The van der Waals surface area contributed by atoms with Crippen molar-refractivity contribution in [3.8, 4) is 5.75 Å². The van der Waals surface area contributed by atoms with Gasteiger partial charge in [0.05, 0.1) is 24.8 Å². The number of likely N-dealkylation sites (tertiary alicyclic amines) is 1. The number of nitrogens with zero attached hydrogens (tertiary/aromatic N) is 4. The number of nitrogens with one attached hydrogen (secondary N) is 1. The molecular formula is C33H38F3N5O5. The topological polar surface area (TPSA) is 102 Å². The second kappa shape index (κ2) is 13.3. The smallest absolute Gasteiger partial charge is 0.416 e. The van der Waals surface area contributed by atoms with E-state index in [1.807, 2.05) is 15.9 Å². The number of carbonyl (C=O) groups is 4. The monoisotopic (exact) mass is 641 g/mol. The number of hydrogen-bond donors (Lipinski definition) is 1. The predicted octanol–water partition coefficient (Wildman–Crippen LogP) is 3.44. The van der Waals surface area contributed by atoms with Crippen LogP contribution in [0.25, 0.3) is 0 Å². The number of alkyl halides is 3. The predicted molar refractivity (Wildman–Crippen MR) is 162 cm³/mol. The Hall–Kier alpha value is -4.13. The first-order chi connectivity index (χ1) is 22.1. The van der Waals surface area contributed by atoms with E-state index >= 15 is 0 Å². The van der Waals surface area contributed by atoms with E-state index in [1.54, 1.807) is 18.2 Å². The Labute approximate surface area is 265 Å². The van der Waals surface area contributed by atoms with Crippen LogP contribution in [-0.4, -0.2) is 96.3 Å². The summed E-state index contributed by atoms with van der Waals surface area (Å²) in [4.78, 5) is 58.1. The lowest BCUT2D eigenvalue weighted by Crippen LogP contribution is -2.56. The van der Waals surface area contributed by atoms with Crippen LogP contribution in [-0.2, 0) is 27.1 Å². The van der Waals surface area contributed by atoms with Gasteiger partial charge < -0.3 is 19.4 Å². The van der Waals surface area contributed by atoms with Crippen molar-refractivity contribution in [2.75, 3.05) is 50.8 Å². The first-order valence-corrected chi connectivity index (χ1v) is 15.9. The Morgan fingerprint density at radius 2 is 1.74 bits per heavy atom. The van der Waals surface area contributed by atoms with Gasteiger partial charge in [0.2, 0.25) is 17.7 Å². The van der Waals surface area contributed by atoms with E-state index in [9.17, 15) is 32.3 Å². The average Bonchev–Trinajstić information content (AvgIpc) is 3.39. The molecule has 3 saturated heterocycles. The van der Waals surface area contributed by atoms with Gasteiger partial charge in [-0.25, -0.2) is 0 Å². The van der Waals surface area contributed by atoms with Crippen LogP contribution >= 0.6 is 0 Å². The summed E-state index contributed by atoms with van der Waals surface area (Å²) in [5.41, 5.74) is 1.06. The Balaban J connectivity index is 1.00. The number of benzene rings is 2. The highest BCUT2D eigenvalue weighted by atomic mass is 19.4. The van der Waals surface area contributed by atoms with Crippen molar-refractivity contribution in [2.45, 2.75) is 63.3 Å². The number of halogens is 3. The normalized spacial score (nSPS) is 22.6. The highest BCUT2D eigenvalue weighted by Gasteiger charge is 2.40. The fraction of sp³-hybridized carbons (Fsp3) is 0.515. The van der Waals surface area contributed by atoms with E-state index in [-0.39, 0.29) is 36.7 Å². The number of piperidine rings is 2. The van der Waals surface area contributed by atoms with Crippen LogP contribution in [0.2, 0.25) is 0 Å². The van der Waals surface area contributed by atoms with Crippen molar-refractivity contribution in [1.82, 2.24) is 20.0 Å². The van der Waals surface area contributed by atoms with Crippen LogP contribution in [0.3, 0.4) is 0 Å². The summed E-state index contributed by atoms with van der Waals surface area (Å²) < 4.78 is 45.7. The van der Waals surface area contributed by atoms with E-state index in [4.69, 9.17) is 4.74 Å². The number of rotatable bonds is 8. The molecule has 2 aromatic rings. The van der Waals surface area contributed by atoms with Crippen LogP contribution in [0.4, 0.5) is 18.9 Å². The SMILES string of the molecule is O=C1CCC(N2Cc3c(OCCCN4CCCCC4C(=O)N4CCN(c5cccc(C(F)(F)F)c5)CC4)cccc3C2=O)C(=O)N1. The van der Waals surface area contributed by atoms with E-state index in [2.05, 4.69) is 10.2 Å². The zero-order valence-electron chi connectivity index (χ0n) is 25.6. The molecule has 4 heterocycles. The molecule has 6 rings (SSSR count). The summed E-state index contributed by atoms with van der Waals surface area (Å²) in [7, 11) is 0. The first-order valence-electron chi connectivity index (χ1n) is 15.9. The molecule has 4 aliphatic heterocycles. The van der Waals surface area contributed by atoms with Gasteiger partial charge >= 0.3 is 6.18 Å². The molecule has 13 heteroatoms. The highest BCUT2D eigenvalue weighted by molar-refractivity contribution is 6.05. The lowest BCUT2D eigenvalue weighted by atomic mass is 10.00. The van der Waals surface area contributed by atoms with Crippen molar-refractivity contribution in [1.29, 1.82) is 0 Å². The molecule has 1 N–H and O–H groups in total. The molecule has 0 bridgehead atoms. The fourth-order valence-electron chi connectivity index (χ4n) is 6.96. The maximum Gasteiger partial charge on any atom is 0.416 e. The van der Waals surface area contributed by atoms with E-state index in [0.29, 0.717) is 69.2 Å². The van der Waals surface area contributed by atoms with Crippen molar-refractivity contribution < 1.29 is 37.1 Å². The Morgan fingerprint density at radius 1 is 0.957 bits per heavy atom. The molecule has 0 radical (unpaired) electrons. The van der Waals surface area contributed by atoms with Crippen molar-refractivity contribution in [3.05, 3.63) is 59.2 Å². The summed E-state index contributed by atoms with van der Waals surface area (Å²) >= 11 is 0. The molecule has 0 aliphatic carbocycles. The second-order valence-electron chi connectivity index (χ2n) is 12.3. The van der Waals surface area contributed by atoms with Crippen molar-refractivity contribution in [2.24, 2.45) is 0 Å². The van der Waals surface area contributed by atoms with E-state index < -0.39 is 23.7 Å². The molecule has 0 spiro atoms. The maximum absolute atomic E-state index is 13.6. The highest BCUT2D eigenvalue weighted by Crippen LogP contribution is 2.34. The molecule has 4 amide bonds. The third-order valence-corrected chi connectivity index (χ3v) is 9.42. The number of carbonyl (C=O) groups excluding carboxylic acids is 4. The van der Waals surface area contributed by atoms with Crippen molar-refractivity contribution >= 4 is 29.3 Å². The number of hydrogen-bond acceptors (Lipinski definition) is 7. The van der Waals surface area contributed by atoms with Crippen LogP contribution < -0.4 is 15.0 Å². The van der Waals surface area contributed by atoms with Gasteiger partial charge in [0.25, 0.3) is 5.91 Å². The zero-order valence-corrected chi connectivity index (χ0v) is 25.6. The molecule has 3 fully saturated rings. The number of piperazine rings is 1. The molecule has 46 heavy (non-hydrogen) atoms. The number of imide groups is 1. The molecule has 0 aromatic heterocycles. The molecule has 2 aromatic carbocycles. The Bertz CT molecular complexity index is 1490. The minimum absolute atomic E-state index is 0.0669. The summed E-state index contributed by atoms with van der Waals surface area (Å²) in [6.07, 6.45) is -0.528. The van der Waals surface area contributed by atoms with Crippen LogP contribution in [0.15, 0.2) is 42.5 Å². The largest absolute Gasteiger partial charge is 0.493 e. The number of anilines is 1. The number of ether oxygens (including phenoxy) is 1. The summed E-state index contributed by atoms with van der Waals surface area (Å²) in [6, 6.07) is 9.68. The van der Waals surface area contributed by atoms with Gasteiger partial charge in [-0.05, 0) is 62.6 Å².